The van der Waals surface area contributed by atoms with Crippen molar-refractivity contribution >= 4 is 0 Å². The van der Waals surface area contributed by atoms with E-state index >= 15 is 0 Å². The van der Waals surface area contributed by atoms with Gasteiger partial charge in [-0.25, -0.2) is 0 Å². The van der Waals surface area contributed by atoms with Crippen molar-refractivity contribution in [2.75, 3.05) is 19.8 Å². The van der Waals surface area contributed by atoms with Crippen molar-refractivity contribution in [3.05, 3.63) is 29.8 Å². The van der Waals surface area contributed by atoms with Crippen molar-refractivity contribution < 1.29 is 9.84 Å². The number of hydrogen-bond donors (Lipinski definition) is 2. The van der Waals surface area contributed by atoms with Gasteiger partial charge >= 0.3 is 0 Å². The van der Waals surface area contributed by atoms with Crippen molar-refractivity contribution in [2.45, 2.75) is 26.3 Å². The molecule has 2 N–H and O–H groups in total. The molecule has 1 atom stereocenters. The molecule has 1 unspecified atom stereocenters. The Balaban J connectivity index is 2.23. The van der Waals surface area contributed by atoms with Crippen LogP contribution in [0.3, 0.4) is 0 Å². The van der Waals surface area contributed by atoms with Gasteiger partial charge in [0.1, 0.15) is 5.75 Å². The molecule has 0 amide bonds. The first-order valence-electron chi connectivity index (χ1n) is 5.81. The fourth-order valence-corrected chi connectivity index (χ4v) is 1.58. The topological polar surface area (TPSA) is 41.5 Å². The van der Waals surface area contributed by atoms with Gasteiger partial charge < -0.3 is 15.2 Å². The second kappa shape index (κ2) is 7.25. The minimum absolute atomic E-state index is 0.320. The van der Waals surface area contributed by atoms with Gasteiger partial charge in [-0.15, -0.1) is 0 Å². The van der Waals surface area contributed by atoms with Crippen molar-refractivity contribution in [2.24, 2.45) is 0 Å². The molecule has 90 valence electrons. The normalized spacial score (nSPS) is 12.6. The molecule has 0 aliphatic carbocycles. The highest BCUT2D eigenvalue weighted by Crippen LogP contribution is 2.10. The molecule has 0 aliphatic heterocycles. The summed E-state index contributed by atoms with van der Waals surface area (Å²) in [7, 11) is 0. The zero-order valence-corrected chi connectivity index (χ0v) is 10.1. The van der Waals surface area contributed by atoms with Crippen LogP contribution >= 0.6 is 0 Å². The Morgan fingerprint density at radius 1 is 1.31 bits per heavy atom. The van der Waals surface area contributed by atoms with Gasteiger partial charge in [-0.2, -0.15) is 0 Å². The summed E-state index contributed by atoms with van der Waals surface area (Å²) in [4.78, 5) is 0. The zero-order valence-electron chi connectivity index (χ0n) is 10.1. The molecule has 0 spiro atoms. The van der Waals surface area contributed by atoms with Gasteiger partial charge in [-0.3, -0.25) is 0 Å². The number of benzene rings is 1. The lowest BCUT2D eigenvalue weighted by Crippen LogP contribution is -2.31. The van der Waals surface area contributed by atoms with Gasteiger partial charge in [-0.05, 0) is 38.0 Å². The summed E-state index contributed by atoms with van der Waals surface area (Å²) in [6, 6.07) is 7.78. The number of aromatic hydroxyl groups is 1. The first-order chi connectivity index (χ1) is 7.72. The lowest BCUT2D eigenvalue weighted by atomic mass is 10.1. The molecular weight excluding hydrogens is 202 g/mol. The van der Waals surface area contributed by atoms with E-state index in [-0.39, 0.29) is 0 Å². The fraction of sp³-hybridized carbons (Fsp3) is 0.538. The predicted molar refractivity (Wildman–Crippen MR) is 65.8 cm³/mol. The number of phenolic OH excluding ortho intramolecular Hbond substituents is 1. The molecule has 1 rings (SSSR count). The van der Waals surface area contributed by atoms with Crippen LogP contribution in [0, 0.1) is 0 Å². The van der Waals surface area contributed by atoms with E-state index in [0.717, 1.165) is 26.2 Å². The molecule has 0 heterocycles. The van der Waals surface area contributed by atoms with Crippen LogP contribution < -0.4 is 5.32 Å². The monoisotopic (exact) mass is 223 g/mol. The van der Waals surface area contributed by atoms with Crippen LogP contribution in [0.4, 0.5) is 0 Å². The molecular formula is C13H21NO2. The third kappa shape index (κ3) is 5.14. The highest BCUT2D eigenvalue weighted by Gasteiger charge is 2.02. The summed E-state index contributed by atoms with van der Waals surface area (Å²) in [5.41, 5.74) is 1.23. The van der Waals surface area contributed by atoms with E-state index in [1.54, 1.807) is 12.1 Å². The molecule has 3 heteroatoms. The second-order valence-corrected chi connectivity index (χ2v) is 3.92. The molecule has 0 fully saturated rings. The van der Waals surface area contributed by atoms with Crippen molar-refractivity contribution in [1.82, 2.24) is 5.32 Å². The number of phenols is 1. The highest BCUT2D eigenvalue weighted by molar-refractivity contribution is 5.26. The highest BCUT2D eigenvalue weighted by atomic mass is 16.5. The molecule has 16 heavy (non-hydrogen) atoms. The number of hydrogen-bond acceptors (Lipinski definition) is 3. The zero-order chi connectivity index (χ0) is 11.8. The maximum Gasteiger partial charge on any atom is 0.115 e. The third-order valence-electron chi connectivity index (χ3n) is 2.42. The van der Waals surface area contributed by atoms with Gasteiger partial charge in [0.2, 0.25) is 0 Å². The molecule has 0 saturated carbocycles. The largest absolute Gasteiger partial charge is 0.508 e. The minimum atomic E-state index is 0.320. The van der Waals surface area contributed by atoms with Crippen LogP contribution in [0.15, 0.2) is 24.3 Å². The van der Waals surface area contributed by atoms with Gasteiger partial charge in [0, 0.05) is 19.2 Å². The summed E-state index contributed by atoms with van der Waals surface area (Å²) >= 11 is 0. The summed E-state index contributed by atoms with van der Waals surface area (Å²) < 4.78 is 5.25. The Morgan fingerprint density at radius 3 is 2.62 bits per heavy atom. The third-order valence-corrected chi connectivity index (χ3v) is 2.42. The molecule has 0 bridgehead atoms. The van der Waals surface area contributed by atoms with E-state index in [1.807, 2.05) is 19.1 Å². The van der Waals surface area contributed by atoms with Crippen LogP contribution in [0.5, 0.6) is 5.75 Å². The van der Waals surface area contributed by atoms with Crippen molar-refractivity contribution in [1.29, 1.82) is 0 Å². The van der Waals surface area contributed by atoms with Gasteiger partial charge in [0.25, 0.3) is 0 Å². The number of nitrogens with one attached hydrogen (secondary N) is 1. The molecule has 3 nitrogen and oxygen atoms in total. The Hall–Kier alpha value is -1.06. The Labute approximate surface area is 97.4 Å². The maximum atomic E-state index is 9.16. The van der Waals surface area contributed by atoms with Crippen LogP contribution in [-0.4, -0.2) is 30.9 Å². The van der Waals surface area contributed by atoms with E-state index in [9.17, 15) is 0 Å². The maximum absolute atomic E-state index is 9.16. The molecule has 1 aromatic rings. The molecule has 0 aromatic heterocycles. The first kappa shape index (κ1) is 13.0. The van der Waals surface area contributed by atoms with Crippen molar-refractivity contribution in [3.8, 4) is 5.75 Å². The molecule has 0 radical (unpaired) electrons. The van der Waals surface area contributed by atoms with Gasteiger partial charge in [0.05, 0.1) is 6.61 Å². The van der Waals surface area contributed by atoms with E-state index in [4.69, 9.17) is 9.84 Å². The Bertz CT molecular complexity index is 284. The minimum Gasteiger partial charge on any atom is -0.508 e. The second-order valence-electron chi connectivity index (χ2n) is 3.92. The Morgan fingerprint density at radius 2 is 2.00 bits per heavy atom. The Kier molecular flexibility index (Phi) is 5.90. The number of rotatable bonds is 7. The lowest BCUT2D eigenvalue weighted by Gasteiger charge is -2.13. The van der Waals surface area contributed by atoms with E-state index in [1.165, 1.54) is 5.56 Å². The van der Waals surface area contributed by atoms with Crippen LogP contribution in [0.1, 0.15) is 19.4 Å². The van der Waals surface area contributed by atoms with E-state index in [0.29, 0.717) is 11.8 Å². The van der Waals surface area contributed by atoms with Crippen LogP contribution in [0.25, 0.3) is 0 Å². The molecule has 0 saturated heterocycles. The van der Waals surface area contributed by atoms with Crippen LogP contribution in [-0.2, 0) is 11.2 Å². The van der Waals surface area contributed by atoms with Crippen LogP contribution in [0.2, 0.25) is 0 Å². The summed E-state index contributed by atoms with van der Waals surface area (Å²) in [5.74, 6) is 0.320. The van der Waals surface area contributed by atoms with E-state index in [2.05, 4.69) is 12.2 Å². The average Bonchev–Trinajstić information content (AvgIpc) is 2.28. The lowest BCUT2D eigenvalue weighted by molar-refractivity contribution is 0.147. The SMILES string of the molecule is CCOCCNC(C)Cc1ccc(O)cc1. The fourth-order valence-electron chi connectivity index (χ4n) is 1.58. The van der Waals surface area contributed by atoms with Gasteiger partial charge in [-0.1, -0.05) is 12.1 Å². The smallest absolute Gasteiger partial charge is 0.115 e. The molecule has 0 aliphatic rings. The predicted octanol–water partition coefficient (Wildman–Crippen LogP) is 1.95. The first-order valence-corrected chi connectivity index (χ1v) is 5.81. The number of ether oxygens (including phenoxy) is 1. The summed E-state index contributed by atoms with van der Waals surface area (Å²) in [5, 5.41) is 12.6. The standard InChI is InChI=1S/C13H21NO2/c1-3-16-9-8-14-11(2)10-12-4-6-13(15)7-5-12/h4-7,11,14-15H,3,8-10H2,1-2H3. The molecule has 1 aromatic carbocycles. The quantitative estimate of drug-likeness (QED) is 0.694. The van der Waals surface area contributed by atoms with E-state index < -0.39 is 0 Å². The van der Waals surface area contributed by atoms with Crippen molar-refractivity contribution in [3.63, 3.8) is 0 Å². The summed E-state index contributed by atoms with van der Waals surface area (Å²) in [6.07, 6.45) is 0.965. The summed E-state index contributed by atoms with van der Waals surface area (Å²) in [6.45, 7) is 6.57. The average molecular weight is 223 g/mol. The van der Waals surface area contributed by atoms with Gasteiger partial charge in [0.15, 0.2) is 0 Å².